The van der Waals surface area contributed by atoms with Crippen LogP contribution < -0.4 is 0 Å². The highest BCUT2D eigenvalue weighted by Crippen LogP contribution is 2.38. The molecule has 0 amide bonds. The van der Waals surface area contributed by atoms with E-state index in [9.17, 15) is 19.8 Å². The van der Waals surface area contributed by atoms with Gasteiger partial charge in [0.15, 0.2) is 0 Å². The van der Waals surface area contributed by atoms with Crippen molar-refractivity contribution in [2.75, 3.05) is 13.2 Å². The number of carbonyl (C=O) groups excluding carboxylic acids is 2. The van der Waals surface area contributed by atoms with Crippen LogP contribution >= 0.6 is 0 Å². The highest BCUT2D eigenvalue weighted by molar-refractivity contribution is 5.91. The number of hydrogen-bond donors (Lipinski definition) is 2. The van der Waals surface area contributed by atoms with Crippen molar-refractivity contribution in [1.29, 1.82) is 0 Å². The van der Waals surface area contributed by atoms with E-state index in [4.69, 9.17) is 9.47 Å². The molecule has 6 heteroatoms. The zero-order chi connectivity index (χ0) is 19.3. The van der Waals surface area contributed by atoms with Crippen molar-refractivity contribution in [3.63, 3.8) is 0 Å². The molecular weight excluding hydrogens is 336 g/mol. The first-order chi connectivity index (χ1) is 12.4. The van der Waals surface area contributed by atoms with Gasteiger partial charge in [0.05, 0.1) is 12.5 Å². The predicted molar refractivity (Wildman–Crippen MR) is 96.0 cm³/mol. The van der Waals surface area contributed by atoms with E-state index < -0.39 is 30.1 Å². The lowest BCUT2D eigenvalue weighted by molar-refractivity contribution is -0.148. The van der Waals surface area contributed by atoms with Crippen molar-refractivity contribution in [1.82, 2.24) is 0 Å². The van der Waals surface area contributed by atoms with Crippen LogP contribution in [0.15, 0.2) is 35.5 Å². The minimum absolute atomic E-state index is 0.0162. The van der Waals surface area contributed by atoms with Crippen molar-refractivity contribution in [3.8, 4) is 0 Å². The number of rotatable bonds is 4. The molecule has 4 atom stereocenters. The van der Waals surface area contributed by atoms with E-state index in [1.165, 1.54) is 0 Å². The van der Waals surface area contributed by atoms with Crippen LogP contribution in [0.4, 0.5) is 0 Å². The summed E-state index contributed by atoms with van der Waals surface area (Å²) in [6.45, 7) is 7.09. The third-order valence-electron chi connectivity index (χ3n) is 5.24. The molecule has 1 unspecified atom stereocenters. The molecule has 0 aromatic carbocycles. The molecule has 1 saturated heterocycles. The largest absolute Gasteiger partial charge is 0.458 e. The summed E-state index contributed by atoms with van der Waals surface area (Å²) in [7, 11) is 0. The van der Waals surface area contributed by atoms with Crippen molar-refractivity contribution in [2.45, 2.75) is 51.7 Å². The number of aliphatic hydroxyl groups is 2. The third kappa shape index (κ3) is 4.62. The molecule has 0 aromatic rings. The normalized spacial score (nSPS) is 32.3. The molecule has 1 heterocycles. The average molecular weight is 364 g/mol. The summed E-state index contributed by atoms with van der Waals surface area (Å²) >= 11 is 0. The van der Waals surface area contributed by atoms with Crippen LogP contribution in [0.25, 0.3) is 0 Å². The fourth-order valence-corrected chi connectivity index (χ4v) is 3.50. The molecule has 6 nitrogen and oxygen atoms in total. The van der Waals surface area contributed by atoms with E-state index in [0.29, 0.717) is 24.8 Å². The minimum atomic E-state index is -0.655. The van der Waals surface area contributed by atoms with Crippen LogP contribution in [0, 0.1) is 11.8 Å². The van der Waals surface area contributed by atoms with Crippen molar-refractivity contribution >= 4 is 11.9 Å². The molecule has 26 heavy (non-hydrogen) atoms. The monoisotopic (exact) mass is 364 g/mol. The summed E-state index contributed by atoms with van der Waals surface area (Å²) < 4.78 is 11.2. The second kappa shape index (κ2) is 9.14. The van der Waals surface area contributed by atoms with E-state index in [1.54, 1.807) is 19.9 Å². The van der Waals surface area contributed by atoms with Gasteiger partial charge in [0.25, 0.3) is 0 Å². The van der Waals surface area contributed by atoms with Crippen molar-refractivity contribution in [3.05, 3.63) is 35.5 Å². The van der Waals surface area contributed by atoms with Crippen LogP contribution in [0.3, 0.4) is 0 Å². The molecule has 1 aliphatic heterocycles. The Bertz CT molecular complexity index is 618. The van der Waals surface area contributed by atoms with Gasteiger partial charge < -0.3 is 19.7 Å². The fourth-order valence-electron chi connectivity index (χ4n) is 3.50. The maximum Gasteiger partial charge on any atom is 0.334 e. The van der Waals surface area contributed by atoms with Gasteiger partial charge in [-0.2, -0.15) is 0 Å². The van der Waals surface area contributed by atoms with Crippen molar-refractivity contribution < 1.29 is 29.3 Å². The minimum Gasteiger partial charge on any atom is -0.458 e. The van der Waals surface area contributed by atoms with E-state index in [0.717, 1.165) is 12.0 Å². The summed E-state index contributed by atoms with van der Waals surface area (Å²) in [5, 5.41) is 19.3. The Hall–Kier alpha value is -1.92. The Morgan fingerprint density at radius 2 is 2.19 bits per heavy atom. The summed E-state index contributed by atoms with van der Waals surface area (Å²) in [6, 6.07) is 0. The van der Waals surface area contributed by atoms with Gasteiger partial charge in [0, 0.05) is 24.2 Å². The summed E-state index contributed by atoms with van der Waals surface area (Å²) in [5.41, 5.74) is 1.49. The molecule has 1 fully saturated rings. The Balaban J connectivity index is 2.37. The van der Waals surface area contributed by atoms with Crippen LogP contribution in [0.5, 0.6) is 0 Å². The van der Waals surface area contributed by atoms with Crippen LogP contribution in [0.2, 0.25) is 0 Å². The third-order valence-corrected chi connectivity index (χ3v) is 5.24. The second-order valence-electron chi connectivity index (χ2n) is 7.00. The van der Waals surface area contributed by atoms with Gasteiger partial charge in [-0.05, 0) is 44.6 Å². The number of ether oxygens (including phenoxy) is 2. The van der Waals surface area contributed by atoms with E-state index in [-0.39, 0.29) is 24.7 Å². The molecule has 2 aliphatic rings. The first-order valence-corrected chi connectivity index (χ1v) is 9.04. The van der Waals surface area contributed by atoms with Crippen LogP contribution in [-0.2, 0) is 19.1 Å². The van der Waals surface area contributed by atoms with Gasteiger partial charge in [0.1, 0.15) is 12.2 Å². The van der Waals surface area contributed by atoms with Crippen LogP contribution in [-0.4, -0.2) is 47.6 Å². The van der Waals surface area contributed by atoms with Crippen LogP contribution in [0.1, 0.15) is 39.5 Å². The number of carbonyl (C=O) groups is 2. The number of allylic oxidation sites excluding steroid dienone is 2. The van der Waals surface area contributed by atoms with E-state index in [1.807, 2.05) is 6.08 Å². The molecule has 1 aliphatic carbocycles. The Morgan fingerprint density at radius 3 is 2.81 bits per heavy atom. The average Bonchev–Trinajstić information content (AvgIpc) is 2.91. The summed E-state index contributed by atoms with van der Waals surface area (Å²) in [6.07, 6.45) is 4.68. The number of esters is 2. The smallest absolute Gasteiger partial charge is 0.334 e. The van der Waals surface area contributed by atoms with Gasteiger partial charge in [-0.1, -0.05) is 18.7 Å². The molecule has 144 valence electrons. The summed E-state index contributed by atoms with van der Waals surface area (Å²) in [5.74, 6) is -1.48. The quantitative estimate of drug-likeness (QED) is 0.451. The van der Waals surface area contributed by atoms with Gasteiger partial charge in [0.2, 0.25) is 0 Å². The molecule has 2 N–H and O–H groups in total. The van der Waals surface area contributed by atoms with E-state index in [2.05, 4.69) is 6.58 Å². The zero-order valence-corrected chi connectivity index (χ0v) is 15.4. The Morgan fingerprint density at radius 1 is 1.46 bits per heavy atom. The molecule has 2 rings (SSSR count). The van der Waals surface area contributed by atoms with E-state index >= 15 is 0 Å². The fraction of sp³-hybridized carbons (Fsp3) is 0.600. The highest BCUT2D eigenvalue weighted by Gasteiger charge is 2.46. The maximum absolute atomic E-state index is 12.3. The second-order valence-corrected chi connectivity index (χ2v) is 7.00. The maximum atomic E-state index is 12.3. The predicted octanol–water partition coefficient (Wildman–Crippen LogP) is 2.06. The topological polar surface area (TPSA) is 93.1 Å². The number of fused-ring (bicyclic) bond motifs is 1. The molecular formula is C20H28O6. The lowest BCUT2D eigenvalue weighted by atomic mass is 9.81. The summed E-state index contributed by atoms with van der Waals surface area (Å²) in [4.78, 5) is 24.4. The standard InChI is InChI=1S/C20H28O6/c1-4-12(2)19(23)25-16-8-14(10-21)6-5-7-15(11-22)9-17-18(16)13(3)20(24)26-17/h4,6,15-18,21-22H,3,5,7-11H2,1-2H3/b12-4+,14-6+/t15?,16-,17-,18-/m1/s1. The number of hydrogen-bond acceptors (Lipinski definition) is 6. The van der Waals surface area contributed by atoms with Gasteiger partial charge >= 0.3 is 11.9 Å². The lowest BCUT2D eigenvalue weighted by Gasteiger charge is -2.30. The molecule has 0 saturated carbocycles. The number of aliphatic hydroxyl groups excluding tert-OH is 2. The molecule has 0 bridgehead atoms. The SMILES string of the molecule is C=C1C(=O)O[C@@H]2CC(CO)CC/C=C(/CO)C[C@@H](OC(=O)/C(C)=C/C)[C@@H]12. The van der Waals surface area contributed by atoms with Crippen molar-refractivity contribution in [2.24, 2.45) is 11.8 Å². The highest BCUT2D eigenvalue weighted by atomic mass is 16.6. The molecule has 0 radical (unpaired) electrons. The zero-order valence-electron chi connectivity index (χ0n) is 15.4. The van der Waals surface area contributed by atoms with Gasteiger partial charge in [-0.3, -0.25) is 0 Å². The molecule has 0 aromatic heterocycles. The van der Waals surface area contributed by atoms with Gasteiger partial charge in [-0.25, -0.2) is 9.59 Å². The molecule has 0 spiro atoms. The Kier molecular flexibility index (Phi) is 7.17. The van der Waals surface area contributed by atoms with Gasteiger partial charge in [-0.15, -0.1) is 0 Å². The lowest BCUT2D eigenvalue weighted by Crippen LogP contribution is -2.36. The first-order valence-electron chi connectivity index (χ1n) is 9.04. The Labute approximate surface area is 154 Å². The first kappa shape index (κ1) is 20.4.